The number of nitrogens with zero attached hydrogens (tertiary/aromatic N) is 2. The molecule has 2 heterocycles. The van der Waals surface area contributed by atoms with Gasteiger partial charge < -0.3 is 15.1 Å². The molecule has 1 saturated carbocycles. The van der Waals surface area contributed by atoms with E-state index in [9.17, 15) is 9.59 Å². The van der Waals surface area contributed by atoms with Gasteiger partial charge in [-0.15, -0.1) is 12.4 Å². The Labute approximate surface area is 174 Å². The second-order valence-electron chi connectivity index (χ2n) is 8.31. The van der Waals surface area contributed by atoms with E-state index in [0.717, 1.165) is 71.2 Å². The van der Waals surface area contributed by atoms with E-state index in [0.29, 0.717) is 17.9 Å². The maximum absolute atomic E-state index is 13.2. The smallest absolute Gasteiger partial charge is 0.226 e. The molecule has 1 aromatic rings. The summed E-state index contributed by atoms with van der Waals surface area (Å²) in [5, 5.41) is 3.32. The molecule has 3 fully saturated rings. The van der Waals surface area contributed by atoms with E-state index in [-0.39, 0.29) is 24.2 Å². The Morgan fingerprint density at radius 3 is 2.18 bits per heavy atom. The van der Waals surface area contributed by atoms with Crippen LogP contribution in [0.2, 0.25) is 0 Å². The Balaban J connectivity index is 0.00000225. The monoisotopic (exact) mass is 405 g/mol. The number of rotatable bonds is 5. The van der Waals surface area contributed by atoms with Crippen LogP contribution in [0.5, 0.6) is 0 Å². The standard InChI is InChI=1S/C22H31N3O2.ClH/c26-21(18-8-12-23-13-9-18)24-14-10-19(11-15-24)22(27)25(20-6-7-20)16-17-4-2-1-3-5-17;/h1-5,18-20,23H,6-16H2;1H. The Morgan fingerprint density at radius 2 is 1.57 bits per heavy atom. The van der Waals surface area contributed by atoms with Gasteiger partial charge in [0.25, 0.3) is 0 Å². The van der Waals surface area contributed by atoms with Gasteiger partial charge in [0.1, 0.15) is 0 Å². The van der Waals surface area contributed by atoms with Crippen molar-refractivity contribution in [3.63, 3.8) is 0 Å². The van der Waals surface area contributed by atoms with Crippen LogP contribution >= 0.6 is 12.4 Å². The van der Waals surface area contributed by atoms with Gasteiger partial charge >= 0.3 is 0 Å². The quantitative estimate of drug-likeness (QED) is 0.819. The zero-order chi connectivity index (χ0) is 18.6. The number of carbonyl (C=O) groups is 2. The fourth-order valence-corrected chi connectivity index (χ4v) is 4.46. The van der Waals surface area contributed by atoms with Crippen molar-refractivity contribution in [2.24, 2.45) is 11.8 Å². The molecule has 2 amide bonds. The van der Waals surface area contributed by atoms with Crippen LogP contribution in [0.3, 0.4) is 0 Å². The second kappa shape index (κ2) is 9.75. The first kappa shape index (κ1) is 21.1. The fourth-order valence-electron chi connectivity index (χ4n) is 4.46. The van der Waals surface area contributed by atoms with E-state index in [4.69, 9.17) is 0 Å². The van der Waals surface area contributed by atoms with Crippen molar-refractivity contribution in [1.29, 1.82) is 0 Å². The van der Waals surface area contributed by atoms with Crippen LogP contribution in [0.15, 0.2) is 30.3 Å². The molecule has 0 atom stereocenters. The lowest BCUT2D eigenvalue weighted by atomic mass is 9.91. The highest BCUT2D eigenvalue weighted by Crippen LogP contribution is 2.32. The van der Waals surface area contributed by atoms with Gasteiger partial charge in [-0.25, -0.2) is 0 Å². The molecule has 2 saturated heterocycles. The van der Waals surface area contributed by atoms with E-state index < -0.39 is 0 Å². The molecule has 1 aliphatic carbocycles. The molecule has 3 aliphatic rings. The molecule has 28 heavy (non-hydrogen) atoms. The molecule has 0 aromatic heterocycles. The second-order valence-corrected chi connectivity index (χ2v) is 8.31. The number of nitrogens with one attached hydrogen (secondary N) is 1. The highest BCUT2D eigenvalue weighted by Gasteiger charge is 2.38. The fraction of sp³-hybridized carbons (Fsp3) is 0.636. The van der Waals surface area contributed by atoms with Gasteiger partial charge in [0.2, 0.25) is 11.8 Å². The summed E-state index contributed by atoms with van der Waals surface area (Å²) in [4.78, 5) is 30.0. The summed E-state index contributed by atoms with van der Waals surface area (Å²) in [6.07, 6.45) is 5.78. The predicted molar refractivity (Wildman–Crippen MR) is 112 cm³/mol. The minimum absolute atomic E-state index is 0. The largest absolute Gasteiger partial charge is 0.342 e. The molecule has 2 aliphatic heterocycles. The number of piperidine rings is 2. The summed E-state index contributed by atoms with van der Waals surface area (Å²) >= 11 is 0. The molecule has 154 valence electrons. The zero-order valence-corrected chi connectivity index (χ0v) is 17.3. The Kier molecular flexibility index (Phi) is 7.36. The molecular weight excluding hydrogens is 374 g/mol. The molecule has 6 heteroatoms. The summed E-state index contributed by atoms with van der Waals surface area (Å²) in [5.74, 6) is 0.868. The van der Waals surface area contributed by atoms with Crippen molar-refractivity contribution in [2.75, 3.05) is 26.2 Å². The molecule has 0 unspecified atom stereocenters. The minimum Gasteiger partial charge on any atom is -0.342 e. The molecule has 4 rings (SSSR count). The zero-order valence-electron chi connectivity index (χ0n) is 16.5. The third kappa shape index (κ3) is 5.06. The van der Waals surface area contributed by atoms with E-state index in [1.807, 2.05) is 23.1 Å². The Bertz CT molecular complexity index is 651. The normalized spacial score (nSPS) is 21.1. The first-order valence-electron chi connectivity index (χ1n) is 10.6. The molecule has 1 aromatic carbocycles. The van der Waals surface area contributed by atoms with E-state index in [1.165, 1.54) is 5.56 Å². The van der Waals surface area contributed by atoms with Crippen LogP contribution in [-0.2, 0) is 16.1 Å². The van der Waals surface area contributed by atoms with Crippen LogP contribution in [0.25, 0.3) is 0 Å². The van der Waals surface area contributed by atoms with E-state index in [2.05, 4.69) is 22.3 Å². The van der Waals surface area contributed by atoms with Crippen LogP contribution in [0.1, 0.15) is 44.1 Å². The third-order valence-corrected chi connectivity index (χ3v) is 6.31. The van der Waals surface area contributed by atoms with Crippen molar-refractivity contribution in [2.45, 2.75) is 51.1 Å². The predicted octanol–water partition coefficient (Wildman–Crippen LogP) is 2.84. The van der Waals surface area contributed by atoms with Gasteiger partial charge in [0.15, 0.2) is 0 Å². The number of benzene rings is 1. The number of hydrogen-bond acceptors (Lipinski definition) is 3. The third-order valence-electron chi connectivity index (χ3n) is 6.31. The Hall–Kier alpha value is -1.59. The average Bonchev–Trinajstić information content (AvgIpc) is 3.58. The lowest BCUT2D eigenvalue weighted by molar-refractivity contribution is -0.143. The van der Waals surface area contributed by atoms with Crippen molar-refractivity contribution >= 4 is 24.2 Å². The van der Waals surface area contributed by atoms with Crippen LogP contribution in [-0.4, -0.2) is 53.8 Å². The number of halogens is 1. The maximum Gasteiger partial charge on any atom is 0.226 e. The van der Waals surface area contributed by atoms with Gasteiger partial charge in [-0.1, -0.05) is 30.3 Å². The summed E-state index contributed by atoms with van der Waals surface area (Å²) in [7, 11) is 0. The van der Waals surface area contributed by atoms with Crippen molar-refractivity contribution in [3.8, 4) is 0 Å². The lowest BCUT2D eigenvalue weighted by Gasteiger charge is -2.36. The molecule has 0 spiro atoms. The molecule has 0 bridgehead atoms. The molecule has 1 N–H and O–H groups in total. The van der Waals surface area contributed by atoms with E-state index in [1.54, 1.807) is 0 Å². The highest BCUT2D eigenvalue weighted by molar-refractivity contribution is 5.85. The summed E-state index contributed by atoms with van der Waals surface area (Å²) in [6.45, 7) is 4.09. The van der Waals surface area contributed by atoms with E-state index >= 15 is 0 Å². The van der Waals surface area contributed by atoms with Crippen LogP contribution in [0.4, 0.5) is 0 Å². The Morgan fingerprint density at radius 1 is 0.929 bits per heavy atom. The van der Waals surface area contributed by atoms with Gasteiger partial charge in [-0.3, -0.25) is 9.59 Å². The van der Waals surface area contributed by atoms with Crippen LogP contribution < -0.4 is 5.32 Å². The number of amides is 2. The van der Waals surface area contributed by atoms with Crippen molar-refractivity contribution in [1.82, 2.24) is 15.1 Å². The van der Waals surface area contributed by atoms with Crippen molar-refractivity contribution < 1.29 is 9.59 Å². The summed E-state index contributed by atoms with van der Waals surface area (Å²) in [5.41, 5.74) is 1.20. The number of hydrogen-bond donors (Lipinski definition) is 1. The molecule has 5 nitrogen and oxygen atoms in total. The topological polar surface area (TPSA) is 52.7 Å². The van der Waals surface area contributed by atoms with Gasteiger partial charge in [0.05, 0.1) is 0 Å². The number of carbonyl (C=O) groups excluding carboxylic acids is 2. The van der Waals surface area contributed by atoms with Gasteiger partial charge in [-0.2, -0.15) is 0 Å². The lowest BCUT2D eigenvalue weighted by Crippen LogP contribution is -2.47. The highest BCUT2D eigenvalue weighted by atomic mass is 35.5. The molecule has 0 radical (unpaired) electrons. The first-order valence-corrected chi connectivity index (χ1v) is 10.6. The van der Waals surface area contributed by atoms with Gasteiger partial charge in [0, 0.05) is 37.5 Å². The summed E-state index contributed by atoms with van der Waals surface area (Å²) in [6, 6.07) is 10.7. The SMILES string of the molecule is Cl.O=C(C1CCNCC1)N1CCC(C(=O)N(Cc2ccccc2)C2CC2)CC1. The average molecular weight is 406 g/mol. The minimum atomic E-state index is 0. The summed E-state index contributed by atoms with van der Waals surface area (Å²) < 4.78 is 0. The number of likely N-dealkylation sites (tertiary alicyclic amines) is 1. The van der Waals surface area contributed by atoms with Gasteiger partial charge in [-0.05, 0) is 57.2 Å². The van der Waals surface area contributed by atoms with Crippen molar-refractivity contribution in [3.05, 3.63) is 35.9 Å². The molecular formula is C22H32ClN3O2. The first-order chi connectivity index (χ1) is 13.2. The maximum atomic E-state index is 13.2. The van der Waals surface area contributed by atoms with Crippen LogP contribution in [0, 0.1) is 11.8 Å².